The van der Waals surface area contributed by atoms with Crippen molar-refractivity contribution >= 4 is 41.8 Å². The van der Waals surface area contributed by atoms with Gasteiger partial charge in [-0.1, -0.05) is 25.5 Å². The van der Waals surface area contributed by atoms with E-state index in [1.165, 1.54) is 32.2 Å². The van der Waals surface area contributed by atoms with Crippen LogP contribution in [0.4, 0.5) is 0 Å². The Balaban J connectivity index is 0.00000363. The molecular weight excluding hydrogens is 519 g/mol. The van der Waals surface area contributed by atoms with Crippen LogP contribution in [0.15, 0.2) is 29.3 Å². The van der Waals surface area contributed by atoms with Crippen molar-refractivity contribution in [2.24, 2.45) is 4.99 Å². The molecule has 9 heteroatoms. The molecule has 0 bridgehead atoms. The van der Waals surface area contributed by atoms with Crippen LogP contribution in [-0.2, 0) is 11.3 Å². The van der Waals surface area contributed by atoms with E-state index in [2.05, 4.69) is 32.8 Å². The van der Waals surface area contributed by atoms with Crippen molar-refractivity contribution in [3.8, 4) is 0 Å². The Morgan fingerprint density at radius 1 is 1.19 bits per heavy atom. The number of amides is 2. The fourth-order valence-corrected chi connectivity index (χ4v) is 4.30. The second kappa shape index (κ2) is 13.6. The van der Waals surface area contributed by atoms with Gasteiger partial charge in [0.2, 0.25) is 5.91 Å². The van der Waals surface area contributed by atoms with Crippen molar-refractivity contribution in [2.45, 2.75) is 45.2 Å². The Bertz CT molecular complexity index is 770. The number of piperidine rings is 1. The summed E-state index contributed by atoms with van der Waals surface area (Å²) in [7, 11) is 1.78. The molecule has 2 aliphatic heterocycles. The highest BCUT2D eigenvalue weighted by Gasteiger charge is 2.22. The van der Waals surface area contributed by atoms with E-state index >= 15 is 0 Å². The number of likely N-dealkylation sites (tertiary alicyclic amines) is 1. The minimum absolute atomic E-state index is 0. The van der Waals surface area contributed by atoms with Crippen LogP contribution in [0, 0.1) is 0 Å². The first-order valence-corrected chi connectivity index (χ1v) is 11.4. The summed E-state index contributed by atoms with van der Waals surface area (Å²) in [5, 5.41) is 9.48. The van der Waals surface area contributed by atoms with Crippen molar-refractivity contribution < 1.29 is 9.59 Å². The number of rotatable bonds is 7. The zero-order chi connectivity index (χ0) is 22.1. The molecule has 1 aromatic carbocycles. The predicted octanol–water partition coefficient (Wildman–Crippen LogP) is 1.81. The van der Waals surface area contributed by atoms with Crippen LogP contribution < -0.4 is 16.0 Å². The molecule has 0 aliphatic carbocycles. The lowest BCUT2D eigenvalue weighted by atomic mass is 10.0. The molecule has 3 rings (SSSR count). The molecule has 0 aromatic heterocycles. The molecule has 8 nitrogen and oxygen atoms in total. The highest BCUT2D eigenvalue weighted by molar-refractivity contribution is 14.0. The normalized spacial score (nSPS) is 19.7. The molecule has 2 aliphatic rings. The molecule has 1 atom stereocenters. The van der Waals surface area contributed by atoms with E-state index in [0.717, 1.165) is 24.6 Å². The maximum atomic E-state index is 12.6. The summed E-state index contributed by atoms with van der Waals surface area (Å²) >= 11 is 0. The zero-order valence-corrected chi connectivity index (χ0v) is 21.6. The average molecular weight is 556 g/mol. The van der Waals surface area contributed by atoms with E-state index in [1.807, 2.05) is 24.3 Å². The fraction of sp³-hybridized carbons (Fsp3) is 0.609. The molecule has 1 aromatic rings. The number of halogens is 1. The largest absolute Gasteiger partial charge is 0.355 e. The Labute approximate surface area is 208 Å². The lowest BCUT2D eigenvalue weighted by molar-refractivity contribution is -0.123. The molecule has 178 valence electrons. The van der Waals surface area contributed by atoms with Gasteiger partial charge in [0.1, 0.15) is 0 Å². The van der Waals surface area contributed by atoms with Gasteiger partial charge in [-0.05, 0) is 43.5 Å². The first-order valence-electron chi connectivity index (χ1n) is 11.4. The third kappa shape index (κ3) is 7.61. The maximum absolute atomic E-state index is 12.6. The number of nitrogens with zero attached hydrogens (tertiary/aromatic N) is 3. The molecule has 1 unspecified atom stereocenters. The van der Waals surface area contributed by atoms with E-state index in [-0.39, 0.29) is 42.3 Å². The first kappa shape index (κ1) is 26.4. The maximum Gasteiger partial charge on any atom is 0.254 e. The van der Waals surface area contributed by atoms with Gasteiger partial charge in [-0.3, -0.25) is 19.5 Å². The Morgan fingerprint density at radius 2 is 1.97 bits per heavy atom. The number of benzene rings is 1. The number of guanidine groups is 1. The van der Waals surface area contributed by atoms with Gasteiger partial charge >= 0.3 is 0 Å². The van der Waals surface area contributed by atoms with Crippen LogP contribution in [0.5, 0.6) is 0 Å². The van der Waals surface area contributed by atoms with E-state index in [4.69, 9.17) is 0 Å². The first-order chi connectivity index (χ1) is 15.1. The quantitative estimate of drug-likeness (QED) is 0.271. The smallest absolute Gasteiger partial charge is 0.254 e. The van der Waals surface area contributed by atoms with Gasteiger partial charge in [0.15, 0.2) is 5.96 Å². The van der Waals surface area contributed by atoms with Crippen LogP contribution in [-0.4, -0.2) is 79.9 Å². The van der Waals surface area contributed by atoms with Gasteiger partial charge in [0.05, 0.1) is 6.54 Å². The van der Waals surface area contributed by atoms with E-state index in [0.29, 0.717) is 31.2 Å². The zero-order valence-electron chi connectivity index (χ0n) is 19.2. The topological polar surface area (TPSA) is 89.1 Å². The molecule has 0 saturated carbocycles. The number of carbonyl (C=O) groups excluding carboxylic acids is 2. The summed E-state index contributed by atoms with van der Waals surface area (Å²) in [6.45, 7) is 7.18. The van der Waals surface area contributed by atoms with Crippen molar-refractivity contribution in [3.05, 3.63) is 35.4 Å². The number of carbonyl (C=O) groups is 2. The highest BCUT2D eigenvalue weighted by atomic mass is 127. The number of hydrogen-bond donors (Lipinski definition) is 3. The molecule has 32 heavy (non-hydrogen) atoms. The SMILES string of the molecule is CCC1CCCCN1CCNC(=NC)NCc1ccc(C(=O)N2CCNC(=O)C2)cc1.I. The van der Waals surface area contributed by atoms with Gasteiger partial charge in [-0.2, -0.15) is 0 Å². The fourth-order valence-electron chi connectivity index (χ4n) is 4.30. The molecule has 2 fully saturated rings. The van der Waals surface area contributed by atoms with Gasteiger partial charge in [-0.25, -0.2) is 0 Å². The molecule has 0 radical (unpaired) electrons. The summed E-state index contributed by atoms with van der Waals surface area (Å²) in [6, 6.07) is 8.24. The summed E-state index contributed by atoms with van der Waals surface area (Å²) in [5.41, 5.74) is 1.67. The summed E-state index contributed by atoms with van der Waals surface area (Å²) in [5.74, 6) is 0.573. The van der Waals surface area contributed by atoms with Crippen LogP contribution in [0.3, 0.4) is 0 Å². The van der Waals surface area contributed by atoms with Crippen molar-refractivity contribution in [2.75, 3.05) is 46.3 Å². The van der Waals surface area contributed by atoms with Crippen molar-refractivity contribution in [1.82, 2.24) is 25.8 Å². The van der Waals surface area contributed by atoms with E-state index in [9.17, 15) is 9.59 Å². The predicted molar refractivity (Wildman–Crippen MR) is 138 cm³/mol. The van der Waals surface area contributed by atoms with Gasteiger partial charge in [0, 0.05) is 51.4 Å². The van der Waals surface area contributed by atoms with Crippen molar-refractivity contribution in [3.63, 3.8) is 0 Å². The van der Waals surface area contributed by atoms with Gasteiger partial charge < -0.3 is 20.9 Å². The van der Waals surface area contributed by atoms with Crippen LogP contribution in [0.2, 0.25) is 0 Å². The third-order valence-electron chi connectivity index (χ3n) is 6.12. The third-order valence-corrected chi connectivity index (χ3v) is 6.12. The Hall–Kier alpha value is -1.88. The summed E-state index contributed by atoms with van der Waals surface area (Å²) in [6.07, 6.45) is 5.18. The van der Waals surface area contributed by atoms with Crippen LogP contribution >= 0.6 is 24.0 Å². The Kier molecular flexibility index (Phi) is 11.2. The van der Waals surface area contributed by atoms with Gasteiger partial charge in [0.25, 0.3) is 5.91 Å². The molecule has 2 heterocycles. The number of nitrogens with one attached hydrogen (secondary N) is 3. The minimum Gasteiger partial charge on any atom is -0.355 e. The van der Waals surface area contributed by atoms with Crippen LogP contribution in [0.25, 0.3) is 0 Å². The number of piperazine rings is 1. The monoisotopic (exact) mass is 556 g/mol. The Morgan fingerprint density at radius 3 is 2.66 bits per heavy atom. The summed E-state index contributed by atoms with van der Waals surface area (Å²) < 4.78 is 0. The lowest BCUT2D eigenvalue weighted by Gasteiger charge is -2.35. The van der Waals surface area contributed by atoms with E-state index < -0.39 is 0 Å². The minimum atomic E-state index is -0.107. The summed E-state index contributed by atoms with van der Waals surface area (Å²) in [4.78, 5) is 32.6. The van der Waals surface area contributed by atoms with E-state index in [1.54, 1.807) is 11.9 Å². The van der Waals surface area contributed by atoms with Crippen LogP contribution in [0.1, 0.15) is 48.5 Å². The van der Waals surface area contributed by atoms with Gasteiger partial charge in [-0.15, -0.1) is 24.0 Å². The molecule has 2 amide bonds. The standard InChI is InChI=1S/C23H36N6O2.HI/c1-3-20-6-4-5-13-28(20)14-12-26-23(24-2)27-16-18-7-9-19(10-8-18)22(31)29-15-11-25-21(30)17-29;/h7-10,20H,3-6,11-17H2,1-2H3,(H,25,30)(H2,24,26,27);1H. The molecule has 3 N–H and O–H groups in total. The molecular formula is C23H37IN6O2. The average Bonchev–Trinajstić information content (AvgIpc) is 2.81. The molecule has 0 spiro atoms. The number of aliphatic imine (C=N–C) groups is 1. The lowest BCUT2D eigenvalue weighted by Crippen LogP contribution is -2.49. The molecule has 2 saturated heterocycles. The van der Waals surface area contributed by atoms with Crippen molar-refractivity contribution in [1.29, 1.82) is 0 Å². The highest BCUT2D eigenvalue weighted by Crippen LogP contribution is 2.18. The number of hydrogen-bond acceptors (Lipinski definition) is 4. The second-order valence-electron chi connectivity index (χ2n) is 8.22. The second-order valence-corrected chi connectivity index (χ2v) is 8.22.